The third-order valence-corrected chi connectivity index (χ3v) is 3.33. The third-order valence-electron chi connectivity index (χ3n) is 2.90. The number of nitrogens with one attached hydrogen (secondary N) is 1. The normalized spacial score (nSPS) is 12.8. The lowest BCUT2D eigenvalue weighted by Crippen LogP contribution is -2.24. The SMILES string of the molecule is CCC(CCc1ccc(Cl)c(C)c1)NC. The molecular weight excluding hydrogens is 206 g/mol. The van der Waals surface area contributed by atoms with Crippen LogP contribution in [-0.2, 0) is 6.42 Å². The molecule has 1 unspecified atom stereocenters. The van der Waals surface area contributed by atoms with Crippen LogP contribution in [-0.4, -0.2) is 13.1 Å². The largest absolute Gasteiger partial charge is 0.317 e. The number of hydrogen-bond acceptors (Lipinski definition) is 1. The molecule has 0 radical (unpaired) electrons. The first-order valence-corrected chi connectivity index (χ1v) is 5.97. The van der Waals surface area contributed by atoms with Gasteiger partial charge in [-0.15, -0.1) is 0 Å². The summed E-state index contributed by atoms with van der Waals surface area (Å²) < 4.78 is 0. The molecule has 0 spiro atoms. The molecule has 1 atom stereocenters. The van der Waals surface area contributed by atoms with E-state index in [1.54, 1.807) is 0 Å². The van der Waals surface area contributed by atoms with E-state index in [4.69, 9.17) is 11.6 Å². The van der Waals surface area contributed by atoms with E-state index in [-0.39, 0.29) is 0 Å². The summed E-state index contributed by atoms with van der Waals surface area (Å²) in [6.07, 6.45) is 3.49. The Hall–Kier alpha value is -0.530. The fourth-order valence-electron chi connectivity index (χ4n) is 1.76. The lowest BCUT2D eigenvalue weighted by molar-refractivity contribution is 0.509. The summed E-state index contributed by atoms with van der Waals surface area (Å²) in [5, 5.41) is 4.18. The number of halogens is 1. The zero-order valence-corrected chi connectivity index (χ0v) is 10.6. The molecule has 0 aliphatic rings. The second kappa shape index (κ2) is 6.14. The summed E-state index contributed by atoms with van der Waals surface area (Å²) >= 11 is 5.99. The first-order chi connectivity index (χ1) is 7.17. The van der Waals surface area contributed by atoms with Crippen molar-refractivity contribution in [3.8, 4) is 0 Å². The third kappa shape index (κ3) is 3.84. The molecule has 0 aromatic heterocycles. The molecule has 1 aromatic carbocycles. The Kier molecular flexibility index (Phi) is 5.13. The molecule has 0 amide bonds. The number of hydrogen-bond donors (Lipinski definition) is 1. The van der Waals surface area contributed by atoms with Gasteiger partial charge in [0.2, 0.25) is 0 Å². The summed E-state index contributed by atoms with van der Waals surface area (Å²) in [5.74, 6) is 0. The molecule has 0 heterocycles. The van der Waals surface area contributed by atoms with Crippen molar-refractivity contribution < 1.29 is 0 Å². The number of aryl methyl sites for hydroxylation is 2. The first kappa shape index (κ1) is 12.5. The summed E-state index contributed by atoms with van der Waals surface area (Å²) in [5.41, 5.74) is 2.55. The van der Waals surface area contributed by atoms with Crippen LogP contribution in [0.5, 0.6) is 0 Å². The average molecular weight is 226 g/mol. The maximum atomic E-state index is 5.99. The van der Waals surface area contributed by atoms with Gasteiger partial charge < -0.3 is 5.32 Å². The van der Waals surface area contributed by atoms with E-state index in [2.05, 4.69) is 31.3 Å². The standard InChI is InChI=1S/C13H20ClN/c1-4-12(15-3)7-5-11-6-8-13(14)10(2)9-11/h6,8-9,12,15H,4-5,7H2,1-3H3. The highest BCUT2D eigenvalue weighted by molar-refractivity contribution is 6.31. The van der Waals surface area contributed by atoms with E-state index in [0.29, 0.717) is 6.04 Å². The highest BCUT2D eigenvalue weighted by Crippen LogP contribution is 2.17. The minimum Gasteiger partial charge on any atom is -0.317 e. The molecule has 0 bridgehead atoms. The van der Waals surface area contributed by atoms with Crippen molar-refractivity contribution in [2.24, 2.45) is 0 Å². The Balaban J connectivity index is 2.54. The molecule has 0 fully saturated rings. The number of benzene rings is 1. The lowest BCUT2D eigenvalue weighted by Gasteiger charge is -2.13. The second-order valence-electron chi connectivity index (χ2n) is 4.02. The highest BCUT2D eigenvalue weighted by Gasteiger charge is 2.04. The van der Waals surface area contributed by atoms with Crippen LogP contribution in [0.3, 0.4) is 0 Å². The van der Waals surface area contributed by atoms with Gasteiger partial charge in [0.15, 0.2) is 0 Å². The monoisotopic (exact) mass is 225 g/mol. The fourth-order valence-corrected chi connectivity index (χ4v) is 1.87. The molecule has 0 aliphatic carbocycles. The Labute approximate surface area is 97.8 Å². The topological polar surface area (TPSA) is 12.0 Å². The van der Waals surface area contributed by atoms with Crippen molar-refractivity contribution in [1.82, 2.24) is 5.32 Å². The van der Waals surface area contributed by atoms with Crippen molar-refractivity contribution in [3.05, 3.63) is 34.3 Å². The zero-order chi connectivity index (χ0) is 11.3. The Morgan fingerprint density at radius 1 is 1.40 bits per heavy atom. The molecule has 15 heavy (non-hydrogen) atoms. The average Bonchev–Trinajstić information content (AvgIpc) is 2.24. The van der Waals surface area contributed by atoms with Gasteiger partial charge in [0.25, 0.3) is 0 Å². The van der Waals surface area contributed by atoms with Crippen LogP contribution in [0.1, 0.15) is 30.9 Å². The highest BCUT2D eigenvalue weighted by atomic mass is 35.5. The molecule has 2 heteroatoms. The van der Waals surface area contributed by atoms with E-state index < -0.39 is 0 Å². The van der Waals surface area contributed by atoms with Crippen molar-refractivity contribution in [1.29, 1.82) is 0 Å². The molecular formula is C13H20ClN. The van der Waals surface area contributed by atoms with Crippen molar-refractivity contribution in [2.45, 2.75) is 39.2 Å². The van der Waals surface area contributed by atoms with E-state index in [0.717, 1.165) is 11.4 Å². The van der Waals surface area contributed by atoms with Gasteiger partial charge in [-0.2, -0.15) is 0 Å². The van der Waals surface area contributed by atoms with Crippen molar-refractivity contribution >= 4 is 11.6 Å². The van der Waals surface area contributed by atoms with Gasteiger partial charge in [0.1, 0.15) is 0 Å². The molecule has 1 N–H and O–H groups in total. The second-order valence-corrected chi connectivity index (χ2v) is 4.42. The lowest BCUT2D eigenvalue weighted by atomic mass is 10.0. The van der Waals surface area contributed by atoms with Crippen LogP contribution in [0, 0.1) is 6.92 Å². The van der Waals surface area contributed by atoms with Gasteiger partial charge >= 0.3 is 0 Å². The Bertz CT molecular complexity index is 305. The van der Waals surface area contributed by atoms with Crippen LogP contribution in [0.4, 0.5) is 0 Å². The minimum absolute atomic E-state index is 0.626. The molecule has 1 nitrogen and oxygen atoms in total. The number of rotatable bonds is 5. The summed E-state index contributed by atoms with van der Waals surface area (Å²) in [7, 11) is 2.03. The quantitative estimate of drug-likeness (QED) is 0.808. The molecule has 1 rings (SSSR count). The smallest absolute Gasteiger partial charge is 0.0435 e. The van der Waals surface area contributed by atoms with Gasteiger partial charge in [-0.05, 0) is 50.4 Å². The van der Waals surface area contributed by atoms with Crippen molar-refractivity contribution in [2.75, 3.05) is 7.05 Å². The van der Waals surface area contributed by atoms with Crippen molar-refractivity contribution in [3.63, 3.8) is 0 Å². The maximum Gasteiger partial charge on any atom is 0.0435 e. The van der Waals surface area contributed by atoms with Gasteiger partial charge in [0, 0.05) is 11.1 Å². The predicted octanol–water partition coefficient (Wildman–Crippen LogP) is 3.58. The molecule has 1 aromatic rings. The summed E-state index contributed by atoms with van der Waals surface area (Å²) in [6, 6.07) is 6.93. The fraction of sp³-hybridized carbons (Fsp3) is 0.538. The first-order valence-electron chi connectivity index (χ1n) is 5.59. The Morgan fingerprint density at radius 3 is 2.67 bits per heavy atom. The van der Waals surface area contributed by atoms with Gasteiger partial charge in [-0.25, -0.2) is 0 Å². The predicted molar refractivity (Wildman–Crippen MR) is 67.6 cm³/mol. The molecule has 0 aliphatic heterocycles. The van der Waals surface area contributed by atoms with Gasteiger partial charge in [-0.3, -0.25) is 0 Å². The van der Waals surface area contributed by atoms with E-state index >= 15 is 0 Å². The molecule has 0 saturated heterocycles. The van der Waals surface area contributed by atoms with Gasteiger partial charge in [0.05, 0.1) is 0 Å². The van der Waals surface area contributed by atoms with Crippen LogP contribution in [0.2, 0.25) is 5.02 Å². The zero-order valence-electron chi connectivity index (χ0n) is 9.81. The van der Waals surface area contributed by atoms with E-state index in [9.17, 15) is 0 Å². The molecule has 84 valence electrons. The van der Waals surface area contributed by atoms with E-state index in [1.165, 1.54) is 24.0 Å². The summed E-state index contributed by atoms with van der Waals surface area (Å²) in [4.78, 5) is 0. The summed E-state index contributed by atoms with van der Waals surface area (Å²) in [6.45, 7) is 4.27. The maximum absolute atomic E-state index is 5.99. The Morgan fingerprint density at radius 2 is 2.13 bits per heavy atom. The van der Waals surface area contributed by atoms with Crippen LogP contribution in [0.25, 0.3) is 0 Å². The minimum atomic E-state index is 0.626. The van der Waals surface area contributed by atoms with Crippen LogP contribution < -0.4 is 5.32 Å². The van der Waals surface area contributed by atoms with Gasteiger partial charge in [-0.1, -0.05) is 30.7 Å². The van der Waals surface area contributed by atoms with Crippen LogP contribution >= 0.6 is 11.6 Å². The molecule has 0 saturated carbocycles. The van der Waals surface area contributed by atoms with E-state index in [1.807, 2.05) is 13.1 Å². The van der Waals surface area contributed by atoms with Crippen LogP contribution in [0.15, 0.2) is 18.2 Å².